The topological polar surface area (TPSA) is 101 Å². The van der Waals surface area contributed by atoms with E-state index in [4.69, 9.17) is 14.2 Å². The van der Waals surface area contributed by atoms with Crippen LogP contribution in [0.25, 0.3) is 0 Å². The zero-order valence-corrected chi connectivity index (χ0v) is 23.1. The second kappa shape index (κ2) is 14.7. The second-order valence-electron chi connectivity index (χ2n) is 11.3. The van der Waals surface area contributed by atoms with Crippen LogP contribution in [-0.2, 0) is 28.6 Å². The van der Waals surface area contributed by atoms with Crippen molar-refractivity contribution in [3.63, 3.8) is 0 Å². The molecule has 0 aromatic carbocycles. The van der Waals surface area contributed by atoms with Crippen molar-refractivity contribution in [2.24, 2.45) is 0 Å². The first-order valence-corrected chi connectivity index (χ1v) is 12.6. The Labute approximate surface area is 211 Å². The Balaban J connectivity index is 2.87. The first-order chi connectivity index (χ1) is 16.1. The first-order valence-electron chi connectivity index (χ1n) is 12.6. The molecule has 10 heteroatoms. The smallest absolute Gasteiger partial charge is 0.320 e. The van der Waals surface area contributed by atoms with Crippen molar-refractivity contribution in [3.05, 3.63) is 0 Å². The third-order valence-electron chi connectivity index (χ3n) is 4.94. The Morgan fingerprint density at radius 3 is 1.34 bits per heavy atom. The lowest BCUT2D eigenvalue weighted by molar-refractivity contribution is -0.158. The van der Waals surface area contributed by atoms with Crippen molar-refractivity contribution < 1.29 is 28.6 Å². The number of nitrogens with zero attached hydrogens (tertiary/aromatic N) is 3. The molecule has 0 aromatic rings. The lowest BCUT2D eigenvalue weighted by Crippen LogP contribution is -2.48. The van der Waals surface area contributed by atoms with Crippen molar-refractivity contribution in [1.29, 1.82) is 0 Å². The molecule has 35 heavy (non-hydrogen) atoms. The molecule has 0 aromatic heterocycles. The first kappa shape index (κ1) is 31.3. The van der Waals surface area contributed by atoms with E-state index in [9.17, 15) is 14.4 Å². The maximum atomic E-state index is 12.5. The Hall–Kier alpha value is -1.75. The van der Waals surface area contributed by atoms with Gasteiger partial charge in [0.15, 0.2) is 0 Å². The fourth-order valence-corrected chi connectivity index (χ4v) is 3.57. The second-order valence-corrected chi connectivity index (χ2v) is 11.3. The van der Waals surface area contributed by atoms with Gasteiger partial charge < -0.3 is 19.5 Å². The molecular formula is C25H48N4O6. The number of carbonyl (C=O) groups excluding carboxylic acids is 3. The molecule has 1 saturated heterocycles. The lowest BCUT2D eigenvalue weighted by Gasteiger charge is -2.31. The van der Waals surface area contributed by atoms with Gasteiger partial charge in [0.2, 0.25) is 0 Å². The minimum atomic E-state index is -0.565. The highest BCUT2D eigenvalue weighted by molar-refractivity contribution is 5.73. The van der Waals surface area contributed by atoms with Gasteiger partial charge in [0.05, 0.1) is 25.7 Å². The molecule has 1 heterocycles. The normalized spacial score (nSPS) is 18.4. The van der Waals surface area contributed by atoms with Crippen LogP contribution in [0, 0.1) is 0 Å². The van der Waals surface area contributed by atoms with Gasteiger partial charge >= 0.3 is 17.9 Å². The fraction of sp³-hybridized carbons (Fsp3) is 0.880. The average Bonchev–Trinajstić information content (AvgIpc) is 2.64. The molecule has 204 valence electrons. The summed E-state index contributed by atoms with van der Waals surface area (Å²) in [6.45, 7) is 20.4. The summed E-state index contributed by atoms with van der Waals surface area (Å²) in [6.07, 6.45) is -0.160. The number of carbonyl (C=O) groups is 3. The van der Waals surface area contributed by atoms with E-state index in [1.54, 1.807) is 0 Å². The highest BCUT2D eigenvalue weighted by Crippen LogP contribution is 2.09. The van der Waals surface area contributed by atoms with Crippen molar-refractivity contribution in [3.8, 4) is 0 Å². The van der Waals surface area contributed by atoms with Crippen molar-refractivity contribution in [2.75, 3.05) is 72.0 Å². The van der Waals surface area contributed by atoms with Gasteiger partial charge in [0.1, 0.15) is 11.2 Å². The van der Waals surface area contributed by atoms with E-state index in [2.05, 4.69) is 5.32 Å². The number of rotatable bonds is 7. The highest BCUT2D eigenvalue weighted by Gasteiger charge is 2.23. The van der Waals surface area contributed by atoms with Crippen LogP contribution in [0.2, 0.25) is 0 Å². The van der Waals surface area contributed by atoms with Gasteiger partial charge in [-0.1, -0.05) is 0 Å². The quantitative estimate of drug-likeness (QED) is 0.404. The lowest BCUT2D eigenvalue weighted by atomic mass is 10.2. The summed E-state index contributed by atoms with van der Waals surface area (Å²) in [6, 6.07) is 0. The molecule has 0 bridgehead atoms. The van der Waals surface area contributed by atoms with E-state index in [0.29, 0.717) is 52.4 Å². The van der Waals surface area contributed by atoms with Crippen LogP contribution in [0.1, 0.15) is 55.4 Å². The zero-order chi connectivity index (χ0) is 26.6. The fourth-order valence-electron chi connectivity index (χ4n) is 3.57. The van der Waals surface area contributed by atoms with Gasteiger partial charge in [0.25, 0.3) is 0 Å². The molecule has 1 aliphatic heterocycles. The van der Waals surface area contributed by atoms with Gasteiger partial charge in [-0.25, -0.2) is 0 Å². The number of nitrogens with one attached hydrogen (secondary N) is 1. The summed E-state index contributed by atoms with van der Waals surface area (Å²) in [5.41, 5.74) is -1.10. The average molecular weight is 501 g/mol. The molecule has 0 unspecified atom stereocenters. The number of hydrogen-bond acceptors (Lipinski definition) is 10. The standard InChI is InChI=1S/C25H48N4O6/c1-20(2)33-21(30)17-27-11-9-26-10-12-28(18-22(31)34-24(3,4)5)14-16-29(15-13-27)19-23(32)35-25(6,7)8/h20,26H,9-19H2,1-8H3. The van der Waals surface area contributed by atoms with Crippen LogP contribution in [0.3, 0.4) is 0 Å². The molecule has 1 N–H and O–H groups in total. The molecule has 0 radical (unpaired) electrons. The van der Waals surface area contributed by atoms with E-state index in [0.717, 1.165) is 0 Å². The Morgan fingerprint density at radius 1 is 0.657 bits per heavy atom. The molecule has 1 rings (SSSR count). The minimum Gasteiger partial charge on any atom is -0.462 e. The summed E-state index contributed by atoms with van der Waals surface area (Å²) < 4.78 is 16.3. The van der Waals surface area contributed by atoms with Gasteiger partial charge in [-0.15, -0.1) is 0 Å². The minimum absolute atomic E-state index is 0.139. The molecular weight excluding hydrogens is 452 g/mol. The molecule has 0 saturated carbocycles. The third kappa shape index (κ3) is 16.5. The van der Waals surface area contributed by atoms with E-state index >= 15 is 0 Å². The largest absolute Gasteiger partial charge is 0.462 e. The maximum absolute atomic E-state index is 12.5. The predicted octanol–water partition coefficient (Wildman–Crippen LogP) is 1.13. The van der Waals surface area contributed by atoms with Crippen LogP contribution < -0.4 is 5.32 Å². The van der Waals surface area contributed by atoms with Crippen LogP contribution in [0.15, 0.2) is 0 Å². The SMILES string of the molecule is CC(C)OC(=O)CN1CCNCCN(CC(=O)OC(C)(C)C)CCN(CC(=O)OC(C)(C)C)CC1. The van der Waals surface area contributed by atoms with Gasteiger partial charge in [-0.3, -0.25) is 29.1 Å². The molecule has 1 aliphatic rings. The van der Waals surface area contributed by atoms with Crippen LogP contribution in [0.4, 0.5) is 0 Å². The van der Waals surface area contributed by atoms with Gasteiger partial charge in [-0.2, -0.15) is 0 Å². The number of hydrogen-bond donors (Lipinski definition) is 1. The van der Waals surface area contributed by atoms with Gasteiger partial charge in [0, 0.05) is 52.4 Å². The van der Waals surface area contributed by atoms with Crippen molar-refractivity contribution >= 4 is 17.9 Å². The Kier molecular flexibility index (Phi) is 13.2. The monoisotopic (exact) mass is 500 g/mol. The Bertz CT molecular complexity index is 672. The van der Waals surface area contributed by atoms with Gasteiger partial charge in [-0.05, 0) is 55.4 Å². The van der Waals surface area contributed by atoms with E-state index < -0.39 is 11.2 Å². The third-order valence-corrected chi connectivity index (χ3v) is 4.94. The molecule has 10 nitrogen and oxygen atoms in total. The van der Waals surface area contributed by atoms with Crippen molar-refractivity contribution in [1.82, 2.24) is 20.0 Å². The zero-order valence-electron chi connectivity index (χ0n) is 23.1. The molecule has 0 atom stereocenters. The van der Waals surface area contributed by atoms with E-state index in [1.807, 2.05) is 70.1 Å². The van der Waals surface area contributed by atoms with E-state index in [-0.39, 0.29) is 43.6 Å². The van der Waals surface area contributed by atoms with Crippen LogP contribution in [-0.4, -0.2) is 122 Å². The molecule has 0 amide bonds. The van der Waals surface area contributed by atoms with Crippen LogP contribution >= 0.6 is 0 Å². The molecule has 0 aliphatic carbocycles. The summed E-state index contributed by atoms with van der Waals surface area (Å²) >= 11 is 0. The predicted molar refractivity (Wildman–Crippen MR) is 135 cm³/mol. The molecule has 0 spiro atoms. The molecule has 1 fully saturated rings. The summed E-state index contributed by atoms with van der Waals surface area (Å²) in [7, 11) is 0. The summed E-state index contributed by atoms with van der Waals surface area (Å²) in [5.74, 6) is -0.817. The highest BCUT2D eigenvalue weighted by atomic mass is 16.6. The van der Waals surface area contributed by atoms with Crippen molar-refractivity contribution in [2.45, 2.75) is 72.7 Å². The Morgan fingerprint density at radius 2 is 1.00 bits per heavy atom. The van der Waals surface area contributed by atoms with Crippen LogP contribution in [0.5, 0.6) is 0 Å². The maximum Gasteiger partial charge on any atom is 0.320 e. The number of ether oxygens (including phenoxy) is 3. The number of esters is 3. The summed E-state index contributed by atoms with van der Waals surface area (Å²) in [4.78, 5) is 43.3. The van der Waals surface area contributed by atoms with E-state index in [1.165, 1.54) is 0 Å². The summed E-state index contributed by atoms with van der Waals surface area (Å²) in [5, 5.41) is 3.39.